The highest BCUT2D eigenvalue weighted by Gasteiger charge is 2.01. The quantitative estimate of drug-likeness (QED) is 0.765. The van der Waals surface area contributed by atoms with Crippen LogP contribution < -0.4 is 5.32 Å². The average molecular weight is 189 g/mol. The molecule has 0 bridgehead atoms. The van der Waals surface area contributed by atoms with Crippen molar-refractivity contribution in [2.75, 3.05) is 0 Å². The fraction of sp³-hybridized carbons (Fsp3) is 0.200. The zero-order chi connectivity index (χ0) is 9.97. The van der Waals surface area contributed by atoms with Gasteiger partial charge in [0.25, 0.3) is 0 Å². The van der Waals surface area contributed by atoms with Gasteiger partial charge in [-0.25, -0.2) is 4.98 Å². The molecule has 0 aromatic carbocycles. The van der Waals surface area contributed by atoms with E-state index >= 15 is 0 Å². The van der Waals surface area contributed by atoms with Crippen molar-refractivity contribution in [1.82, 2.24) is 14.7 Å². The van der Waals surface area contributed by atoms with E-state index < -0.39 is 0 Å². The summed E-state index contributed by atoms with van der Waals surface area (Å²) in [5.74, 6) is -0.0291. The van der Waals surface area contributed by atoms with E-state index in [1.54, 1.807) is 6.20 Å². The lowest BCUT2D eigenvalue weighted by Gasteiger charge is -2.03. The van der Waals surface area contributed by atoms with Crippen LogP contribution in [-0.2, 0) is 11.3 Å². The number of nitrogens with zero attached hydrogens (tertiary/aromatic N) is 2. The molecule has 2 heterocycles. The van der Waals surface area contributed by atoms with Crippen LogP contribution in [-0.4, -0.2) is 15.3 Å². The van der Waals surface area contributed by atoms with E-state index in [9.17, 15) is 4.79 Å². The summed E-state index contributed by atoms with van der Waals surface area (Å²) in [5, 5.41) is 2.75. The Labute approximate surface area is 81.6 Å². The van der Waals surface area contributed by atoms with Crippen molar-refractivity contribution in [3.63, 3.8) is 0 Å². The second-order valence-corrected chi connectivity index (χ2v) is 3.10. The van der Waals surface area contributed by atoms with E-state index in [1.165, 1.54) is 6.92 Å². The van der Waals surface area contributed by atoms with Crippen molar-refractivity contribution in [3.05, 3.63) is 36.3 Å². The predicted octanol–water partition coefficient (Wildman–Crippen LogP) is 0.970. The maximum Gasteiger partial charge on any atom is 0.217 e. The number of hydrogen-bond donors (Lipinski definition) is 1. The van der Waals surface area contributed by atoms with Crippen molar-refractivity contribution in [2.24, 2.45) is 0 Å². The number of aromatic nitrogens is 2. The van der Waals surface area contributed by atoms with Crippen molar-refractivity contribution in [3.8, 4) is 0 Å². The largest absolute Gasteiger partial charge is 0.352 e. The number of fused-ring (bicyclic) bond motifs is 1. The fourth-order valence-electron chi connectivity index (χ4n) is 1.37. The Morgan fingerprint density at radius 2 is 2.43 bits per heavy atom. The van der Waals surface area contributed by atoms with Gasteiger partial charge >= 0.3 is 0 Å². The highest BCUT2D eigenvalue weighted by Crippen LogP contribution is 2.07. The molecule has 0 saturated carbocycles. The van der Waals surface area contributed by atoms with Crippen LogP contribution in [0.4, 0.5) is 0 Å². The molecular formula is C10H11N3O. The molecule has 0 aliphatic rings. The van der Waals surface area contributed by atoms with Crippen LogP contribution in [0.3, 0.4) is 0 Å². The lowest BCUT2D eigenvalue weighted by atomic mass is 10.2. The SMILES string of the molecule is CC(=O)NCc1cccn2ccnc12. The molecule has 0 aliphatic carbocycles. The summed E-state index contributed by atoms with van der Waals surface area (Å²) < 4.78 is 1.93. The van der Waals surface area contributed by atoms with Gasteiger partial charge in [-0.15, -0.1) is 0 Å². The molecule has 72 valence electrons. The molecule has 0 atom stereocenters. The third-order valence-corrected chi connectivity index (χ3v) is 2.03. The molecule has 0 radical (unpaired) electrons. The maximum absolute atomic E-state index is 10.8. The number of pyridine rings is 1. The highest BCUT2D eigenvalue weighted by molar-refractivity contribution is 5.73. The lowest BCUT2D eigenvalue weighted by molar-refractivity contribution is -0.119. The molecule has 0 saturated heterocycles. The molecule has 0 unspecified atom stereocenters. The predicted molar refractivity (Wildman–Crippen MR) is 52.7 cm³/mol. The van der Waals surface area contributed by atoms with Crippen LogP contribution in [0.25, 0.3) is 5.65 Å². The fourth-order valence-corrected chi connectivity index (χ4v) is 1.37. The molecular weight excluding hydrogens is 178 g/mol. The van der Waals surface area contributed by atoms with Gasteiger partial charge in [0, 0.05) is 37.6 Å². The first-order chi connectivity index (χ1) is 6.77. The van der Waals surface area contributed by atoms with Crippen molar-refractivity contribution in [1.29, 1.82) is 0 Å². The Morgan fingerprint density at radius 3 is 3.21 bits per heavy atom. The zero-order valence-corrected chi connectivity index (χ0v) is 7.90. The number of amides is 1. The first kappa shape index (κ1) is 8.74. The van der Waals surface area contributed by atoms with Gasteiger partial charge in [-0.1, -0.05) is 6.07 Å². The second-order valence-electron chi connectivity index (χ2n) is 3.10. The summed E-state index contributed by atoms with van der Waals surface area (Å²) in [4.78, 5) is 15.0. The molecule has 14 heavy (non-hydrogen) atoms. The lowest BCUT2D eigenvalue weighted by Crippen LogP contribution is -2.19. The molecule has 2 rings (SSSR count). The number of imidazole rings is 1. The summed E-state index contributed by atoms with van der Waals surface area (Å²) >= 11 is 0. The summed E-state index contributed by atoms with van der Waals surface area (Å²) in [7, 11) is 0. The van der Waals surface area contributed by atoms with Gasteiger partial charge < -0.3 is 9.72 Å². The number of carbonyl (C=O) groups is 1. The van der Waals surface area contributed by atoms with Crippen LogP contribution in [0.15, 0.2) is 30.7 Å². The molecule has 4 heteroatoms. The van der Waals surface area contributed by atoms with E-state index in [1.807, 2.05) is 28.9 Å². The standard InChI is InChI=1S/C10H11N3O/c1-8(14)12-7-9-3-2-5-13-6-4-11-10(9)13/h2-6H,7H2,1H3,(H,12,14). The zero-order valence-electron chi connectivity index (χ0n) is 7.90. The van der Waals surface area contributed by atoms with Gasteiger partial charge in [-0.3, -0.25) is 4.79 Å². The van der Waals surface area contributed by atoms with E-state index in [2.05, 4.69) is 10.3 Å². The summed E-state index contributed by atoms with van der Waals surface area (Å²) in [6.45, 7) is 2.03. The number of rotatable bonds is 2. The second kappa shape index (κ2) is 3.49. The third kappa shape index (κ3) is 1.59. The summed E-state index contributed by atoms with van der Waals surface area (Å²) in [6, 6.07) is 3.89. The maximum atomic E-state index is 10.8. The monoisotopic (exact) mass is 189 g/mol. The minimum Gasteiger partial charge on any atom is -0.352 e. The number of hydrogen-bond acceptors (Lipinski definition) is 2. The molecule has 1 amide bonds. The van der Waals surface area contributed by atoms with Crippen LogP contribution >= 0.6 is 0 Å². The third-order valence-electron chi connectivity index (χ3n) is 2.03. The molecule has 2 aromatic rings. The number of nitrogens with one attached hydrogen (secondary N) is 1. The molecule has 0 fully saturated rings. The van der Waals surface area contributed by atoms with Crippen LogP contribution in [0.1, 0.15) is 12.5 Å². The highest BCUT2D eigenvalue weighted by atomic mass is 16.1. The van der Waals surface area contributed by atoms with Crippen molar-refractivity contribution >= 4 is 11.6 Å². The van der Waals surface area contributed by atoms with E-state index in [0.717, 1.165) is 11.2 Å². The van der Waals surface area contributed by atoms with Gasteiger partial charge in [0.1, 0.15) is 5.65 Å². The summed E-state index contributed by atoms with van der Waals surface area (Å²) in [6.07, 6.45) is 5.55. The van der Waals surface area contributed by atoms with Crippen LogP contribution in [0, 0.1) is 0 Å². The molecule has 2 aromatic heterocycles. The van der Waals surface area contributed by atoms with Crippen LogP contribution in [0.2, 0.25) is 0 Å². The Balaban J connectivity index is 2.32. The van der Waals surface area contributed by atoms with Gasteiger partial charge in [-0.05, 0) is 6.07 Å². The Hall–Kier alpha value is -1.84. The van der Waals surface area contributed by atoms with E-state index in [-0.39, 0.29) is 5.91 Å². The smallest absolute Gasteiger partial charge is 0.217 e. The normalized spacial score (nSPS) is 10.4. The first-order valence-electron chi connectivity index (χ1n) is 4.42. The Kier molecular flexibility index (Phi) is 2.18. The molecule has 0 aliphatic heterocycles. The summed E-state index contributed by atoms with van der Waals surface area (Å²) in [5.41, 5.74) is 1.91. The average Bonchev–Trinajstić information content (AvgIpc) is 2.62. The van der Waals surface area contributed by atoms with E-state index in [0.29, 0.717) is 6.54 Å². The van der Waals surface area contributed by atoms with Gasteiger partial charge in [0.05, 0.1) is 0 Å². The van der Waals surface area contributed by atoms with Crippen LogP contribution in [0.5, 0.6) is 0 Å². The molecule has 0 spiro atoms. The van der Waals surface area contributed by atoms with Crippen molar-refractivity contribution < 1.29 is 4.79 Å². The van der Waals surface area contributed by atoms with Gasteiger partial charge in [-0.2, -0.15) is 0 Å². The van der Waals surface area contributed by atoms with E-state index in [4.69, 9.17) is 0 Å². The minimum absolute atomic E-state index is 0.0291. The van der Waals surface area contributed by atoms with Gasteiger partial charge in [0.15, 0.2) is 0 Å². The Morgan fingerprint density at radius 1 is 1.57 bits per heavy atom. The minimum atomic E-state index is -0.0291. The number of carbonyl (C=O) groups excluding carboxylic acids is 1. The first-order valence-corrected chi connectivity index (χ1v) is 4.42. The Bertz CT molecular complexity index is 461. The van der Waals surface area contributed by atoms with Gasteiger partial charge in [0.2, 0.25) is 5.91 Å². The molecule has 4 nitrogen and oxygen atoms in total. The molecule has 1 N–H and O–H groups in total. The van der Waals surface area contributed by atoms with Crippen molar-refractivity contribution in [2.45, 2.75) is 13.5 Å². The topological polar surface area (TPSA) is 46.4 Å².